The Balaban J connectivity index is 1.62. The van der Waals surface area contributed by atoms with E-state index in [0.29, 0.717) is 43.5 Å². The van der Waals surface area contributed by atoms with Crippen LogP contribution in [-0.4, -0.2) is 70.8 Å². The largest absolute Gasteiger partial charge is 0.508 e. The normalized spacial score (nSPS) is 20.2. The van der Waals surface area contributed by atoms with Gasteiger partial charge in [-0.1, -0.05) is 56.3 Å². The van der Waals surface area contributed by atoms with E-state index < -0.39 is 35.8 Å². The van der Waals surface area contributed by atoms with Crippen molar-refractivity contribution in [3.05, 3.63) is 101 Å². The maximum Gasteiger partial charge on any atom is 0.254 e. The third-order valence-electron chi connectivity index (χ3n) is 8.14. The number of hydrogen-bond donors (Lipinski definition) is 5. The number of fused-ring (bicyclic) bond motifs is 18. The number of amides is 5. The summed E-state index contributed by atoms with van der Waals surface area (Å²) >= 11 is 0. The van der Waals surface area contributed by atoms with Crippen LogP contribution in [0.4, 0.5) is 0 Å². The fraction of sp³-hybridized carbons (Fsp3) is 0.378. The van der Waals surface area contributed by atoms with Crippen molar-refractivity contribution in [3.63, 3.8) is 0 Å². The molecule has 5 N–H and O–H groups in total. The molecule has 48 heavy (non-hydrogen) atoms. The second-order valence-corrected chi connectivity index (χ2v) is 12.6. The molecule has 2 aliphatic rings. The number of phenols is 1. The van der Waals surface area contributed by atoms with E-state index in [2.05, 4.69) is 21.3 Å². The van der Waals surface area contributed by atoms with Gasteiger partial charge in [-0.2, -0.15) is 0 Å². The Hall–Kier alpha value is -5.19. The number of phenolic OH excluding ortho intramolecular Hbond substituents is 1. The smallest absolute Gasteiger partial charge is 0.254 e. The van der Waals surface area contributed by atoms with E-state index in [-0.39, 0.29) is 36.4 Å². The molecule has 254 valence electrons. The van der Waals surface area contributed by atoms with Gasteiger partial charge in [0.25, 0.3) is 11.8 Å². The number of carbonyl (C=O) groups is 5. The first-order valence-corrected chi connectivity index (χ1v) is 16.4. The molecule has 11 heteroatoms. The highest BCUT2D eigenvalue weighted by molar-refractivity contribution is 5.99. The van der Waals surface area contributed by atoms with E-state index in [1.165, 1.54) is 12.1 Å². The number of nitrogens with zero attached hydrogens (tertiary/aromatic N) is 1. The molecule has 3 aromatic carbocycles. The van der Waals surface area contributed by atoms with Gasteiger partial charge in [-0.3, -0.25) is 24.0 Å². The number of rotatable bonds is 5. The summed E-state index contributed by atoms with van der Waals surface area (Å²) in [5.74, 6) is -1.94. The summed E-state index contributed by atoms with van der Waals surface area (Å²) in [4.78, 5) is 68.6. The highest BCUT2D eigenvalue weighted by Crippen LogP contribution is 2.16. The highest BCUT2D eigenvalue weighted by atomic mass is 16.3. The maximum absolute atomic E-state index is 13.7. The van der Waals surface area contributed by atoms with Gasteiger partial charge in [-0.25, -0.2) is 0 Å². The van der Waals surface area contributed by atoms with Crippen molar-refractivity contribution in [1.82, 2.24) is 26.2 Å². The molecule has 2 heterocycles. The first kappa shape index (κ1) is 35.7. The third kappa shape index (κ3) is 10.4. The molecule has 0 unspecified atom stereocenters. The van der Waals surface area contributed by atoms with Crippen molar-refractivity contribution in [2.24, 2.45) is 5.92 Å². The van der Waals surface area contributed by atoms with Gasteiger partial charge in [0, 0.05) is 37.2 Å². The van der Waals surface area contributed by atoms with E-state index in [1.54, 1.807) is 48.2 Å². The van der Waals surface area contributed by atoms with Crippen molar-refractivity contribution >= 4 is 29.5 Å². The number of nitrogens with one attached hydrogen (secondary N) is 4. The fourth-order valence-electron chi connectivity index (χ4n) is 5.47. The van der Waals surface area contributed by atoms with Gasteiger partial charge in [0.15, 0.2) is 0 Å². The quantitative estimate of drug-likeness (QED) is 0.266. The zero-order valence-electron chi connectivity index (χ0n) is 27.7. The molecule has 2 bridgehead atoms. The van der Waals surface area contributed by atoms with Gasteiger partial charge < -0.3 is 31.3 Å². The molecular weight excluding hydrogens is 610 g/mol. The Morgan fingerprint density at radius 3 is 2.15 bits per heavy atom. The molecule has 0 radical (unpaired) electrons. The molecule has 0 aliphatic carbocycles. The SMILES string of the molecule is CC(C)C[C@@H]1NC(=O)[C@@H](Cc2ccccc2)NC(=O)c2ccc(cc2)CN(C(=O)c2ccc(O)cc2)CCCCNC(=O)[C@@H](C)NC1=O. The Kier molecular flexibility index (Phi) is 12.7. The highest BCUT2D eigenvalue weighted by Gasteiger charge is 2.29. The number of hydrogen-bond acceptors (Lipinski definition) is 6. The summed E-state index contributed by atoms with van der Waals surface area (Å²) in [6, 6.07) is 19.4. The molecule has 0 spiro atoms. The molecule has 0 saturated heterocycles. The average Bonchev–Trinajstić information content (AvgIpc) is 3.07. The lowest BCUT2D eigenvalue weighted by molar-refractivity contribution is -0.132. The standard InChI is InChI=1S/C37H45N5O6/c1-24(2)21-31-35(46)39-25(3)33(44)38-19-7-8-20-42(37(48)29-15-17-30(43)18-16-29)23-27-11-13-28(14-12-27)34(45)40-32(36(47)41-31)22-26-9-5-4-6-10-26/h4-6,9-18,24-25,31-32,43H,7-8,19-23H2,1-3H3,(H,38,44)(H,39,46)(H,40,45)(H,41,47)/t25-,31+,32-/m1/s1. The first-order chi connectivity index (χ1) is 23.0. The summed E-state index contributed by atoms with van der Waals surface area (Å²) < 4.78 is 0. The molecule has 5 amide bonds. The van der Waals surface area contributed by atoms with Gasteiger partial charge >= 0.3 is 0 Å². The molecule has 11 nitrogen and oxygen atoms in total. The molecular formula is C37H45N5O6. The minimum absolute atomic E-state index is 0.0563. The zero-order valence-corrected chi connectivity index (χ0v) is 27.7. The van der Waals surface area contributed by atoms with Crippen LogP contribution in [-0.2, 0) is 27.3 Å². The van der Waals surface area contributed by atoms with Crippen molar-refractivity contribution in [2.45, 2.75) is 71.1 Å². The van der Waals surface area contributed by atoms with Crippen LogP contribution >= 0.6 is 0 Å². The second kappa shape index (κ2) is 17.1. The minimum atomic E-state index is -0.990. The van der Waals surface area contributed by atoms with Gasteiger partial charge in [-0.15, -0.1) is 0 Å². The Bertz CT molecular complexity index is 1560. The first-order valence-electron chi connectivity index (χ1n) is 16.4. The Morgan fingerprint density at radius 2 is 1.48 bits per heavy atom. The van der Waals surface area contributed by atoms with Gasteiger partial charge in [-0.05, 0) is 79.6 Å². The molecule has 2 aliphatic heterocycles. The van der Waals surface area contributed by atoms with Crippen LogP contribution in [0, 0.1) is 5.92 Å². The average molecular weight is 656 g/mol. The monoisotopic (exact) mass is 655 g/mol. The van der Waals surface area contributed by atoms with Gasteiger partial charge in [0.05, 0.1) is 0 Å². The van der Waals surface area contributed by atoms with Crippen LogP contribution in [0.15, 0.2) is 78.9 Å². The van der Waals surface area contributed by atoms with Crippen molar-refractivity contribution in [2.75, 3.05) is 13.1 Å². The summed E-state index contributed by atoms with van der Waals surface area (Å²) in [6.45, 7) is 6.46. The molecule has 0 aromatic heterocycles. The van der Waals surface area contributed by atoms with E-state index in [1.807, 2.05) is 44.2 Å². The molecule has 0 saturated carbocycles. The summed E-state index contributed by atoms with van der Waals surface area (Å²) in [5, 5.41) is 20.9. The molecule has 5 rings (SSSR count). The lowest BCUT2D eigenvalue weighted by Gasteiger charge is -2.25. The lowest BCUT2D eigenvalue weighted by atomic mass is 10.0. The molecule has 0 fully saturated rings. The zero-order chi connectivity index (χ0) is 34.6. The molecule has 3 atom stereocenters. The predicted molar refractivity (Wildman–Crippen MR) is 182 cm³/mol. The van der Waals surface area contributed by atoms with Gasteiger partial charge in [0.2, 0.25) is 17.7 Å². The lowest BCUT2D eigenvalue weighted by Crippen LogP contribution is -2.57. The van der Waals surface area contributed by atoms with E-state index >= 15 is 0 Å². The Labute approximate surface area is 281 Å². The fourth-order valence-corrected chi connectivity index (χ4v) is 5.47. The van der Waals surface area contributed by atoms with Crippen LogP contribution in [0.3, 0.4) is 0 Å². The Morgan fingerprint density at radius 1 is 0.812 bits per heavy atom. The second-order valence-electron chi connectivity index (χ2n) is 12.6. The summed E-state index contributed by atoms with van der Waals surface area (Å²) in [7, 11) is 0. The topological polar surface area (TPSA) is 157 Å². The van der Waals surface area contributed by atoms with E-state index in [0.717, 1.165) is 11.1 Å². The van der Waals surface area contributed by atoms with E-state index in [9.17, 15) is 29.1 Å². The third-order valence-corrected chi connectivity index (χ3v) is 8.14. The van der Waals surface area contributed by atoms with E-state index in [4.69, 9.17) is 0 Å². The number of aromatic hydroxyl groups is 1. The number of benzene rings is 3. The summed E-state index contributed by atoms with van der Waals surface area (Å²) in [6.07, 6.45) is 1.70. The summed E-state index contributed by atoms with van der Waals surface area (Å²) in [5.41, 5.74) is 2.38. The van der Waals surface area contributed by atoms with Crippen LogP contribution in [0.2, 0.25) is 0 Å². The van der Waals surface area contributed by atoms with Crippen LogP contribution < -0.4 is 21.3 Å². The van der Waals surface area contributed by atoms with Crippen molar-refractivity contribution < 1.29 is 29.1 Å². The maximum atomic E-state index is 13.7. The van der Waals surface area contributed by atoms with Crippen molar-refractivity contribution in [1.29, 1.82) is 0 Å². The van der Waals surface area contributed by atoms with Crippen molar-refractivity contribution in [3.8, 4) is 5.75 Å². The predicted octanol–water partition coefficient (Wildman–Crippen LogP) is 3.32. The van der Waals surface area contributed by atoms with Crippen LogP contribution in [0.25, 0.3) is 0 Å². The number of carbonyl (C=O) groups excluding carboxylic acids is 5. The van der Waals surface area contributed by atoms with Crippen LogP contribution in [0.5, 0.6) is 5.75 Å². The van der Waals surface area contributed by atoms with Crippen LogP contribution in [0.1, 0.15) is 71.9 Å². The molecule has 3 aromatic rings. The van der Waals surface area contributed by atoms with Gasteiger partial charge in [0.1, 0.15) is 23.9 Å². The minimum Gasteiger partial charge on any atom is -0.508 e.